The zero-order valence-electron chi connectivity index (χ0n) is 12.8. The summed E-state index contributed by atoms with van der Waals surface area (Å²) in [5, 5.41) is 19.8. The number of nitro groups is 1. The van der Waals surface area contributed by atoms with Gasteiger partial charge in [-0.05, 0) is 35.4 Å². The minimum atomic E-state index is -0.461. The average molecular weight is 315 g/mol. The molecule has 0 fully saturated rings. The lowest BCUT2D eigenvalue weighted by molar-refractivity contribution is -0.384. The van der Waals surface area contributed by atoms with E-state index >= 15 is 0 Å². The number of nitro benzene ring substituents is 1. The van der Waals surface area contributed by atoms with Crippen LogP contribution >= 0.6 is 0 Å². The normalized spacial score (nSPS) is 10.0. The van der Waals surface area contributed by atoms with E-state index in [9.17, 15) is 20.0 Å². The highest BCUT2D eigenvalue weighted by atomic mass is 16.6. The van der Waals surface area contributed by atoms with Crippen LogP contribution in [0.25, 0.3) is 12.2 Å². The van der Waals surface area contributed by atoms with Crippen LogP contribution in [0.2, 0.25) is 0 Å². The first-order valence-electron chi connectivity index (χ1n) is 6.64. The summed E-state index contributed by atoms with van der Waals surface area (Å²) in [5.74, 6) is -0.306. The van der Waals surface area contributed by atoms with Crippen molar-refractivity contribution in [3.8, 4) is 5.75 Å². The largest absolute Gasteiger partial charge is 0.504 e. The van der Waals surface area contributed by atoms with E-state index in [1.807, 2.05) is 0 Å². The van der Waals surface area contributed by atoms with Crippen molar-refractivity contribution in [3.63, 3.8) is 0 Å². The molecule has 0 saturated carbocycles. The molecular weight excluding hydrogens is 298 g/mol. The zero-order chi connectivity index (χ0) is 17.2. The summed E-state index contributed by atoms with van der Waals surface area (Å²) < 4.78 is 4.25. The Morgan fingerprint density at radius 2 is 1.61 bits per heavy atom. The maximum absolute atomic E-state index is 11.4. The molecule has 0 saturated heterocycles. The molecular formula is C17H17NO5. The van der Waals surface area contributed by atoms with Gasteiger partial charge in [0, 0.05) is 26.4 Å². The van der Waals surface area contributed by atoms with Crippen LogP contribution in [-0.2, 0) is 4.74 Å². The molecule has 0 spiro atoms. The fourth-order valence-electron chi connectivity index (χ4n) is 1.61. The third kappa shape index (κ3) is 6.11. The van der Waals surface area contributed by atoms with Crippen LogP contribution in [0.1, 0.15) is 11.1 Å². The molecule has 23 heavy (non-hydrogen) atoms. The molecule has 0 heterocycles. The Morgan fingerprint density at radius 3 is 2.17 bits per heavy atom. The van der Waals surface area contributed by atoms with E-state index in [-0.39, 0.29) is 11.4 Å². The first kappa shape index (κ1) is 18.1. The van der Waals surface area contributed by atoms with Crippen LogP contribution in [0.4, 0.5) is 5.69 Å². The van der Waals surface area contributed by atoms with Crippen molar-refractivity contribution in [2.75, 3.05) is 14.2 Å². The van der Waals surface area contributed by atoms with Crippen molar-refractivity contribution in [1.82, 2.24) is 0 Å². The van der Waals surface area contributed by atoms with Gasteiger partial charge in [0.15, 0.2) is 5.75 Å². The maximum Gasteiger partial charge on any atom is 0.269 e. The second-order valence-electron chi connectivity index (χ2n) is 4.51. The Balaban J connectivity index is 0.000000816. The van der Waals surface area contributed by atoms with Crippen LogP contribution in [0.15, 0.2) is 53.3 Å². The van der Waals surface area contributed by atoms with Crippen molar-refractivity contribution in [2.24, 2.45) is 0 Å². The second kappa shape index (κ2) is 9.11. The first-order valence-corrected chi connectivity index (χ1v) is 6.64. The standard InChI is InChI=1S/C15H11NO4.C2H6O/c17-14-3-1-2-12(10-15(14)18)5-4-11-6-8-13(9-7-11)16(19)20;1-3-2/h1-10H,(H,17,18);1-2H3. The summed E-state index contributed by atoms with van der Waals surface area (Å²) in [4.78, 5) is 21.5. The Kier molecular flexibility index (Phi) is 7.16. The van der Waals surface area contributed by atoms with Gasteiger partial charge in [-0.25, -0.2) is 0 Å². The second-order valence-corrected chi connectivity index (χ2v) is 4.51. The van der Waals surface area contributed by atoms with Gasteiger partial charge < -0.3 is 9.84 Å². The molecule has 2 aromatic carbocycles. The number of benzene rings is 1. The van der Waals surface area contributed by atoms with Crippen LogP contribution in [0, 0.1) is 10.1 Å². The lowest BCUT2D eigenvalue weighted by Crippen LogP contribution is -1.93. The molecule has 0 aromatic heterocycles. The Bertz CT molecular complexity index is 739. The van der Waals surface area contributed by atoms with Crippen LogP contribution in [0.5, 0.6) is 5.75 Å². The predicted molar refractivity (Wildman–Crippen MR) is 89.3 cm³/mol. The van der Waals surface area contributed by atoms with Crippen LogP contribution in [-0.4, -0.2) is 24.2 Å². The molecule has 0 radical (unpaired) electrons. The SMILES string of the molecule is COC.O=c1cc(C=Cc2ccc([N+](=O)[O-])cc2)cccc1O. The summed E-state index contributed by atoms with van der Waals surface area (Å²) in [6.07, 6.45) is 3.43. The van der Waals surface area contributed by atoms with Gasteiger partial charge in [0.05, 0.1) is 4.92 Å². The number of nitrogens with zero attached hydrogens (tertiary/aromatic N) is 1. The highest BCUT2D eigenvalue weighted by molar-refractivity contribution is 5.69. The molecule has 2 rings (SSSR count). The van der Waals surface area contributed by atoms with Gasteiger partial charge >= 0.3 is 0 Å². The molecule has 0 atom stereocenters. The van der Waals surface area contributed by atoms with Gasteiger partial charge in [-0.2, -0.15) is 0 Å². The Morgan fingerprint density at radius 1 is 1.04 bits per heavy atom. The van der Waals surface area contributed by atoms with Crippen molar-refractivity contribution >= 4 is 17.8 Å². The summed E-state index contributed by atoms with van der Waals surface area (Å²) >= 11 is 0. The third-order valence-corrected chi connectivity index (χ3v) is 2.67. The number of rotatable bonds is 3. The van der Waals surface area contributed by atoms with E-state index in [1.54, 1.807) is 50.6 Å². The monoisotopic (exact) mass is 315 g/mol. The number of aromatic hydroxyl groups is 1. The summed E-state index contributed by atoms with van der Waals surface area (Å²) in [5.41, 5.74) is 0.978. The fraction of sp³-hybridized carbons (Fsp3) is 0.118. The van der Waals surface area contributed by atoms with Gasteiger partial charge in [-0.1, -0.05) is 24.3 Å². The molecule has 0 unspecified atom stereocenters. The van der Waals surface area contributed by atoms with Crippen molar-refractivity contribution in [1.29, 1.82) is 0 Å². The topological polar surface area (TPSA) is 89.7 Å². The van der Waals surface area contributed by atoms with E-state index in [4.69, 9.17) is 0 Å². The summed E-state index contributed by atoms with van der Waals surface area (Å²) in [6, 6.07) is 12.0. The van der Waals surface area contributed by atoms with E-state index < -0.39 is 10.4 Å². The van der Waals surface area contributed by atoms with Crippen molar-refractivity contribution in [2.45, 2.75) is 0 Å². The minimum Gasteiger partial charge on any atom is -0.504 e. The molecule has 0 aliphatic heterocycles. The Hall–Kier alpha value is -2.99. The highest BCUT2D eigenvalue weighted by Crippen LogP contribution is 2.14. The zero-order valence-corrected chi connectivity index (χ0v) is 12.8. The van der Waals surface area contributed by atoms with Gasteiger partial charge in [0.2, 0.25) is 5.43 Å². The fourth-order valence-corrected chi connectivity index (χ4v) is 1.61. The quantitative estimate of drug-likeness (QED) is 0.694. The highest BCUT2D eigenvalue weighted by Gasteiger charge is 2.02. The summed E-state index contributed by atoms with van der Waals surface area (Å²) in [7, 11) is 3.25. The molecule has 0 aliphatic rings. The maximum atomic E-state index is 11.4. The molecule has 0 bridgehead atoms. The predicted octanol–water partition coefficient (Wildman–Crippen LogP) is 3.09. The van der Waals surface area contributed by atoms with E-state index in [0.29, 0.717) is 5.56 Å². The average Bonchev–Trinajstić information content (AvgIpc) is 2.68. The molecule has 1 N–H and O–H groups in total. The Labute approximate surface area is 133 Å². The van der Waals surface area contributed by atoms with Crippen LogP contribution < -0.4 is 5.43 Å². The van der Waals surface area contributed by atoms with Crippen LogP contribution in [0.3, 0.4) is 0 Å². The summed E-state index contributed by atoms with van der Waals surface area (Å²) in [6.45, 7) is 0. The smallest absolute Gasteiger partial charge is 0.269 e. The van der Waals surface area contributed by atoms with Gasteiger partial charge in [-0.3, -0.25) is 14.9 Å². The van der Waals surface area contributed by atoms with E-state index in [2.05, 4.69) is 4.74 Å². The number of hydrogen-bond acceptors (Lipinski definition) is 5. The van der Waals surface area contributed by atoms with Crippen molar-refractivity contribution in [3.05, 3.63) is 80.0 Å². The van der Waals surface area contributed by atoms with Gasteiger partial charge in [0.1, 0.15) is 0 Å². The van der Waals surface area contributed by atoms with E-state index in [1.165, 1.54) is 24.3 Å². The minimum absolute atomic E-state index is 0.0278. The molecule has 0 amide bonds. The van der Waals surface area contributed by atoms with Gasteiger partial charge in [0.25, 0.3) is 5.69 Å². The van der Waals surface area contributed by atoms with Crippen molar-refractivity contribution < 1.29 is 14.8 Å². The number of hydrogen-bond donors (Lipinski definition) is 1. The van der Waals surface area contributed by atoms with Gasteiger partial charge in [-0.15, -0.1) is 0 Å². The molecule has 2 aromatic rings. The number of methoxy groups -OCH3 is 1. The number of non-ortho nitro benzene ring substituents is 1. The first-order chi connectivity index (χ1) is 11.0. The lowest BCUT2D eigenvalue weighted by atomic mass is 10.1. The third-order valence-electron chi connectivity index (χ3n) is 2.67. The molecule has 0 aliphatic carbocycles. The molecule has 6 nitrogen and oxygen atoms in total. The lowest BCUT2D eigenvalue weighted by Gasteiger charge is -1.93. The molecule has 120 valence electrons. The number of ether oxygens (including phenoxy) is 1. The molecule has 6 heteroatoms. The van der Waals surface area contributed by atoms with E-state index in [0.717, 1.165) is 5.56 Å².